The summed E-state index contributed by atoms with van der Waals surface area (Å²) in [6.07, 6.45) is 2.86. The first-order valence-corrected chi connectivity index (χ1v) is 7.46. The fraction of sp³-hybridized carbons (Fsp3) is 0.353. The van der Waals surface area contributed by atoms with Crippen LogP contribution >= 0.6 is 0 Å². The van der Waals surface area contributed by atoms with Crippen LogP contribution in [-0.4, -0.2) is 39.0 Å². The smallest absolute Gasteiger partial charge is 0.335 e. The molecule has 1 aliphatic heterocycles. The summed E-state index contributed by atoms with van der Waals surface area (Å²) in [6.45, 7) is 4.65. The van der Waals surface area contributed by atoms with E-state index in [9.17, 15) is 4.79 Å². The first-order chi connectivity index (χ1) is 10.6. The standard InChI is InChI=1S/C17H19N3O2/c1-12-5-7-18-16(19-12)15-6-8-20(11-15)10-13-3-2-4-14(9-13)17(21)22/h2-5,7,9,15H,6,8,10-11H2,1H3,(H,21,22). The van der Waals surface area contributed by atoms with Gasteiger partial charge in [0, 0.05) is 30.9 Å². The molecule has 0 amide bonds. The normalized spacial score (nSPS) is 18.5. The number of nitrogens with zero attached hydrogens (tertiary/aromatic N) is 3. The van der Waals surface area contributed by atoms with Crippen LogP contribution in [0.15, 0.2) is 36.5 Å². The Bertz CT molecular complexity index is 687. The van der Waals surface area contributed by atoms with E-state index in [1.165, 1.54) is 0 Å². The van der Waals surface area contributed by atoms with Gasteiger partial charge in [-0.2, -0.15) is 0 Å². The zero-order valence-corrected chi connectivity index (χ0v) is 12.6. The van der Waals surface area contributed by atoms with Gasteiger partial charge in [-0.3, -0.25) is 4.90 Å². The van der Waals surface area contributed by atoms with Crippen LogP contribution in [0, 0.1) is 6.92 Å². The predicted octanol–water partition coefficient (Wildman–Crippen LogP) is 2.47. The lowest BCUT2D eigenvalue weighted by Gasteiger charge is -2.16. The van der Waals surface area contributed by atoms with Crippen LogP contribution in [0.25, 0.3) is 0 Å². The Balaban J connectivity index is 1.66. The number of likely N-dealkylation sites (tertiary alicyclic amines) is 1. The molecule has 0 saturated carbocycles. The first-order valence-electron chi connectivity index (χ1n) is 7.46. The Labute approximate surface area is 129 Å². The van der Waals surface area contributed by atoms with Gasteiger partial charge in [0.1, 0.15) is 5.82 Å². The molecule has 0 spiro atoms. The number of aromatic nitrogens is 2. The SMILES string of the molecule is Cc1ccnc(C2CCN(Cc3cccc(C(=O)O)c3)C2)n1. The molecule has 1 atom stereocenters. The summed E-state index contributed by atoms with van der Waals surface area (Å²) in [4.78, 5) is 22.3. The van der Waals surface area contributed by atoms with Crippen molar-refractivity contribution in [3.63, 3.8) is 0 Å². The fourth-order valence-electron chi connectivity index (χ4n) is 2.91. The van der Waals surface area contributed by atoms with Gasteiger partial charge in [-0.25, -0.2) is 14.8 Å². The van der Waals surface area contributed by atoms with Crippen LogP contribution in [-0.2, 0) is 6.54 Å². The van der Waals surface area contributed by atoms with E-state index in [1.54, 1.807) is 18.2 Å². The van der Waals surface area contributed by atoms with Crippen molar-refractivity contribution in [2.24, 2.45) is 0 Å². The molecule has 114 valence electrons. The third-order valence-electron chi connectivity index (χ3n) is 4.03. The van der Waals surface area contributed by atoms with Gasteiger partial charge in [0.15, 0.2) is 0 Å². The molecule has 1 fully saturated rings. The summed E-state index contributed by atoms with van der Waals surface area (Å²) in [5.74, 6) is 0.402. The van der Waals surface area contributed by atoms with Gasteiger partial charge in [-0.1, -0.05) is 12.1 Å². The Morgan fingerprint density at radius 3 is 3.05 bits per heavy atom. The maximum Gasteiger partial charge on any atom is 0.335 e. The van der Waals surface area contributed by atoms with Crippen LogP contribution < -0.4 is 0 Å². The molecule has 2 heterocycles. The topological polar surface area (TPSA) is 66.3 Å². The fourth-order valence-corrected chi connectivity index (χ4v) is 2.91. The minimum atomic E-state index is -0.880. The number of carboxylic acids is 1. The van der Waals surface area contributed by atoms with Crippen LogP contribution in [0.4, 0.5) is 0 Å². The lowest BCUT2D eigenvalue weighted by Crippen LogP contribution is -2.20. The minimum Gasteiger partial charge on any atom is -0.478 e. The monoisotopic (exact) mass is 297 g/mol. The zero-order chi connectivity index (χ0) is 15.5. The molecule has 0 radical (unpaired) electrons. The van der Waals surface area contributed by atoms with Crippen molar-refractivity contribution in [3.8, 4) is 0 Å². The highest BCUT2D eigenvalue weighted by Gasteiger charge is 2.26. The van der Waals surface area contributed by atoms with Gasteiger partial charge >= 0.3 is 5.97 Å². The molecule has 22 heavy (non-hydrogen) atoms. The second kappa shape index (κ2) is 6.23. The van der Waals surface area contributed by atoms with E-state index in [0.717, 1.165) is 43.1 Å². The van der Waals surface area contributed by atoms with Crippen molar-refractivity contribution < 1.29 is 9.90 Å². The average molecular weight is 297 g/mol. The highest BCUT2D eigenvalue weighted by Crippen LogP contribution is 2.25. The molecule has 1 unspecified atom stereocenters. The third kappa shape index (κ3) is 3.31. The highest BCUT2D eigenvalue weighted by molar-refractivity contribution is 5.87. The Morgan fingerprint density at radius 1 is 1.41 bits per heavy atom. The van der Waals surface area contributed by atoms with Gasteiger partial charge in [-0.05, 0) is 43.7 Å². The van der Waals surface area contributed by atoms with Gasteiger partial charge in [0.2, 0.25) is 0 Å². The summed E-state index contributed by atoms with van der Waals surface area (Å²) in [7, 11) is 0. The van der Waals surface area contributed by atoms with Crippen molar-refractivity contribution >= 4 is 5.97 Å². The summed E-state index contributed by atoms with van der Waals surface area (Å²) >= 11 is 0. The molecular weight excluding hydrogens is 278 g/mol. The van der Waals surface area contributed by atoms with E-state index < -0.39 is 5.97 Å². The number of hydrogen-bond donors (Lipinski definition) is 1. The van der Waals surface area contributed by atoms with Crippen molar-refractivity contribution in [1.82, 2.24) is 14.9 Å². The number of hydrogen-bond acceptors (Lipinski definition) is 4. The number of aryl methyl sites for hydroxylation is 1. The second-order valence-electron chi connectivity index (χ2n) is 5.78. The van der Waals surface area contributed by atoms with Crippen molar-refractivity contribution in [2.45, 2.75) is 25.8 Å². The average Bonchev–Trinajstić information content (AvgIpc) is 2.96. The molecule has 2 aromatic rings. The molecule has 1 N–H and O–H groups in total. The summed E-state index contributed by atoms with van der Waals surface area (Å²) < 4.78 is 0. The number of benzene rings is 1. The number of carboxylic acid groups (broad SMARTS) is 1. The Kier molecular flexibility index (Phi) is 4.15. The van der Waals surface area contributed by atoms with Gasteiger partial charge in [-0.15, -0.1) is 0 Å². The lowest BCUT2D eigenvalue weighted by molar-refractivity contribution is 0.0696. The van der Waals surface area contributed by atoms with E-state index in [1.807, 2.05) is 25.3 Å². The molecule has 1 aromatic carbocycles. The van der Waals surface area contributed by atoms with Crippen LogP contribution in [0.3, 0.4) is 0 Å². The predicted molar refractivity (Wildman–Crippen MR) is 82.8 cm³/mol. The molecule has 0 bridgehead atoms. The maximum absolute atomic E-state index is 11.0. The zero-order valence-electron chi connectivity index (χ0n) is 12.6. The number of aromatic carboxylic acids is 1. The van der Waals surface area contributed by atoms with Crippen LogP contribution in [0.1, 0.15) is 39.8 Å². The lowest BCUT2D eigenvalue weighted by atomic mass is 10.1. The molecule has 1 aliphatic rings. The quantitative estimate of drug-likeness (QED) is 0.939. The molecular formula is C17H19N3O2. The van der Waals surface area contributed by atoms with Crippen LogP contribution in [0.5, 0.6) is 0 Å². The molecule has 1 saturated heterocycles. The second-order valence-corrected chi connectivity index (χ2v) is 5.78. The van der Waals surface area contributed by atoms with E-state index in [-0.39, 0.29) is 0 Å². The summed E-state index contributed by atoms with van der Waals surface area (Å²) in [5, 5.41) is 9.06. The molecule has 0 aliphatic carbocycles. The van der Waals surface area contributed by atoms with Gasteiger partial charge in [0.05, 0.1) is 5.56 Å². The van der Waals surface area contributed by atoms with E-state index in [2.05, 4.69) is 14.9 Å². The van der Waals surface area contributed by atoms with Crippen molar-refractivity contribution in [3.05, 3.63) is 59.2 Å². The first kappa shape index (κ1) is 14.7. The van der Waals surface area contributed by atoms with Gasteiger partial charge in [0.25, 0.3) is 0 Å². The number of rotatable bonds is 4. The van der Waals surface area contributed by atoms with Gasteiger partial charge < -0.3 is 5.11 Å². The number of carbonyl (C=O) groups is 1. The van der Waals surface area contributed by atoms with E-state index >= 15 is 0 Å². The minimum absolute atomic E-state index is 0.343. The summed E-state index contributed by atoms with van der Waals surface area (Å²) in [5.41, 5.74) is 2.37. The van der Waals surface area contributed by atoms with Crippen molar-refractivity contribution in [1.29, 1.82) is 0 Å². The van der Waals surface area contributed by atoms with E-state index in [0.29, 0.717) is 11.5 Å². The largest absolute Gasteiger partial charge is 0.478 e. The van der Waals surface area contributed by atoms with Crippen LogP contribution in [0.2, 0.25) is 0 Å². The summed E-state index contributed by atoms with van der Waals surface area (Å²) in [6, 6.07) is 9.06. The molecule has 1 aromatic heterocycles. The van der Waals surface area contributed by atoms with Crippen molar-refractivity contribution in [2.75, 3.05) is 13.1 Å². The highest BCUT2D eigenvalue weighted by atomic mass is 16.4. The molecule has 3 rings (SSSR count). The maximum atomic E-state index is 11.0. The van der Waals surface area contributed by atoms with E-state index in [4.69, 9.17) is 5.11 Å². The Morgan fingerprint density at radius 2 is 2.27 bits per heavy atom. The third-order valence-corrected chi connectivity index (χ3v) is 4.03. The Hall–Kier alpha value is -2.27. The molecule has 5 heteroatoms. The molecule has 5 nitrogen and oxygen atoms in total.